The molecular weight excluding hydrogens is 340 g/mol. The molecule has 0 fully saturated rings. The third kappa shape index (κ3) is 4.78. The molecule has 1 atom stereocenters. The lowest BCUT2D eigenvalue weighted by molar-refractivity contribution is 0.269. The van der Waals surface area contributed by atoms with E-state index in [2.05, 4.69) is 26.2 Å². The van der Waals surface area contributed by atoms with E-state index in [-0.39, 0.29) is 6.04 Å². The molecule has 0 bridgehead atoms. The van der Waals surface area contributed by atoms with Crippen LogP contribution in [0.2, 0.25) is 5.02 Å². The molecule has 20 heavy (non-hydrogen) atoms. The Hall–Kier alpha value is -1.10. The molecule has 2 rings (SSSR count). The first-order valence-corrected chi connectivity index (χ1v) is 7.50. The average Bonchev–Trinajstić information content (AvgIpc) is 2.47. The zero-order chi connectivity index (χ0) is 14.4. The van der Waals surface area contributed by atoms with E-state index in [0.717, 1.165) is 22.3 Å². The second-order valence-electron chi connectivity index (χ2n) is 4.42. The third-order valence-corrected chi connectivity index (χ3v) is 3.64. The third-order valence-electron chi connectivity index (χ3n) is 2.92. The van der Waals surface area contributed by atoms with Crippen molar-refractivity contribution in [2.24, 2.45) is 0 Å². The van der Waals surface area contributed by atoms with E-state index >= 15 is 0 Å². The van der Waals surface area contributed by atoms with Crippen LogP contribution in [0.3, 0.4) is 0 Å². The highest BCUT2D eigenvalue weighted by Gasteiger charge is 2.09. The first kappa shape index (κ1) is 15.3. The maximum atomic E-state index is 5.84. The second-order valence-corrected chi connectivity index (χ2v) is 5.77. The number of rotatable bonds is 6. The van der Waals surface area contributed by atoms with Crippen molar-refractivity contribution in [3.05, 3.63) is 57.8 Å². The highest BCUT2D eigenvalue weighted by Crippen LogP contribution is 2.16. The predicted octanol–water partition coefficient (Wildman–Crippen LogP) is 3.71. The molecule has 0 aliphatic rings. The number of nitrogens with one attached hydrogen (secondary N) is 1. The Morgan fingerprint density at radius 1 is 1.25 bits per heavy atom. The maximum absolute atomic E-state index is 5.84. The Bertz CT molecular complexity index is 531. The molecule has 5 heteroatoms. The van der Waals surface area contributed by atoms with Gasteiger partial charge in [-0.25, -0.2) is 0 Å². The first-order chi connectivity index (χ1) is 9.67. The second kappa shape index (κ2) is 7.62. The quantitative estimate of drug-likeness (QED) is 0.858. The fraction of sp³-hybridized carbons (Fsp3) is 0.267. The number of likely N-dealkylation sites (N-methyl/N-ethyl adjacent to an activating group) is 1. The summed E-state index contributed by atoms with van der Waals surface area (Å²) in [5.74, 6) is 0.818. The average molecular weight is 356 g/mol. The van der Waals surface area contributed by atoms with Gasteiger partial charge in [0.1, 0.15) is 12.4 Å². The fourth-order valence-corrected chi connectivity index (χ4v) is 2.11. The molecule has 106 valence electrons. The van der Waals surface area contributed by atoms with E-state index in [9.17, 15) is 0 Å². The summed E-state index contributed by atoms with van der Waals surface area (Å²) in [5.41, 5.74) is 1.03. The van der Waals surface area contributed by atoms with Crippen molar-refractivity contribution in [1.29, 1.82) is 0 Å². The van der Waals surface area contributed by atoms with Gasteiger partial charge < -0.3 is 10.1 Å². The molecule has 0 saturated carbocycles. The Balaban J connectivity index is 1.88. The minimum absolute atomic E-state index is 0.208. The fourth-order valence-electron chi connectivity index (χ4n) is 1.75. The predicted molar refractivity (Wildman–Crippen MR) is 85.4 cm³/mol. The van der Waals surface area contributed by atoms with Crippen LogP contribution in [-0.2, 0) is 6.42 Å². The van der Waals surface area contributed by atoms with Gasteiger partial charge in [-0.05, 0) is 59.4 Å². The highest BCUT2D eigenvalue weighted by atomic mass is 79.9. The maximum Gasteiger partial charge on any atom is 0.119 e. The number of hydrogen-bond acceptors (Lipinski definition) is 3. The van der Waals surface area contributed by atoms with Crippen LogP contribution in [0.25, 0.3) is 0 Å². The number of nitrogens with zero attached hydrogens (tertiary/aromatic N) is 1. The van der Waals surface area contributed by atoms with Gasteiger partial charge in [0.25, 0.3) is 0 Å². The van der Waals surface area contributed by atoms with Gasteiger partial charge in [0.15, 0.2) is 0 Å². The number of benzene rings is 1. The molecule has 0 aliphatic heterocycles. The van der Waals surface area contributed by atoms with Crippen LogP contribution in [0.5, 0.6) is 5.75 Å². The SMILES string of the molecule is CNC(COc1ccc(Cl)cc1)Cc1ccc(Br)cn1. The molecule has 1 aromatic heterocycles. The van der Waals surface area contributed by atoms with E-state index in [0.29, 0.717) is 11.6 Å². The number of halogens is 2. The molecule has 1 heterocycles. The van der Waals surface area contributed by atoms with Gasteiger partial charge in [-0.3, -0.25) is 4.98 Å². The lowest BCUT2D eigenvalue weighted by Gasteiger charge is -2.16. The van der Waals surface area contributed by atoms with Crippen LogP contribution < -0.4 is 10.1 Å². The molecule has 1 aromatic carbocycles. The minimum atomic E-state index is 0.208. The molecule has 2 aromatic rings. The van der Waals surface area contributed by atoms with Crippen molar-refractivity contribution >= 4 is 27.5 Å². The summed E-state index contributed by atoms with van der Waals surface area (Å²) < 4.78 is 6.74. The van der Waals surface area contributed by atoms with E-state index in [4.69, 9.17) is 16.3 Å². The lowest BCUT2D eigenvalue weighted by atomic mass is 10.1. The topological polar surface area (TPSA) is 34.1 Å². The van der Waals surface area contributed by atoms with Gasteiger partial charge in [-0.2, -0.15) is 0 Å². The Morgan fingerprint density at radius 2 is 2.00 bits per heavy atom. The van der Waals surface area contributed by atoms with Crippen molar-refractivity contribution in [3.8, 4) is 5.75 Å². The summed E-state index contributed by atoms with van der Waals surface area (Å²) in [6.45, 7) is 0.579. The summed E-state index contributed by atoms with van der Waals surface area (Å²) >= 11 is 9.22. The summed E-state index contributed by atoms with van der Waals surface area (Å²) in [4.78, 5) is 4.37. The molecule has 0 radical (unpaired) electrons. The van der Waals surface area contributed by atoms with E-state index in [1.54, 1.807) is 0 Å². The van der Waals surface area contributed by atoms with Crippen molar-refractivity contribution in [2.45, 2.75) is 12.5 Å². The molecule has 0 amide bonds. The minimum Gasteiger partial charge on any atom is -0.492 e. The molecular formula is C15H16BrClN2O. The van der Waals surface area contributed by atoms with Gasteiger partial charge in [0.05, 0.1) is 0 Å². The van der Waals surface area contributed by atoms with E-state index in [1.807, 2.05) is 49.6 Å². The molecule has 0 saturated heterocycles. The monoisotopic (exact) mass is 354 g/mol. The molecule has 0 spiro atoms. The molecule has 3 nitrogen and oxygen atoms in total. The van der Waals surface area contributed by atoms with Crippen LogP contribution in [-0.4, -0.2) is 24.7 Å². The summed E-state index contributed by atoms with van der Waals surface area (Å²) in [6, 6.07) is 11.6. The van der Waals surface area contributed by atoms with E-state index in [1.165, 1.54) is 0 Å². The van der Waals surface area contributed by atoms with Crippen LogP contribution in [0.15, 0.2) is 47.1 Å². The van der Waals surface area contributed by atoms with Crippen LogP contribution >= 0.6 is 27.5 Å². The smallest absolute Gasteiger partial charge is 0.119 e. The Labute approximate surface area is 132 Å². The highest BCUT2D eigenvalue weighted by molar-refractivity contribution is 9.10. The van der Waals surface area contributed by atoms with Crippen LogP contribution in [0, 0.1) is 0 Å². The van der Waals surface area contributed by atoms with E-state index < -0.39 is 0 Å². The molecule has 1 unspecified atom stereocenters. The Morgan fingerprint density at radius 3 is 2.60 bits per heavy atom. The normalized spacial score (nSPS) is 12.2. The van der Waals surface area contributed by atoms with Crippen molar-refractivity contribution in [3.63, 3.8) is 0 Å². The van der Waals surface area contributed by atoms with Crippen molar-refractivity contribution in [1.82, 2.24) is 10.3 Å². The summed E-state index contributed by atoms with van der Waals surface area (Å²) in [5, 5.41) is 3.95. The number of pyridine rings is 1. The van der Waals surface area contributed by atoms with Crippen molar-refractivity contribution in [2.75, 3.05) is 13.7 Å². The van der Waals surface area contributed by atoms with Gasteiger partial charge >= 0.3 is 0 Å². The molecule has 1 N–H and O–H groups in total. The van der Waals surface area contributed by atoms with Gasteiger partial charge in [0.2, 0.25) is 0 Å². The molecule has 0 aliphatic carbocycles. The van der Waals surface area contributed by atoms with Gasteiger partial charge in [0, 0.05) is 33.8 Å². The number of ether oxygens (including phenoxy) is 1. The number of hydrogen-bond donors (Lipinski definition) is 1. The van der Waals surface area contributed by atoms with Crippen LogP contribution in [0.4, 0.5) is 0 Å². The van der Waals surface area contributed by atoms with Crippen LogP contribution in [0.1, 0.15) is 5.69 Å². The zero-order valence-electron chi connectivity index (χ0n) is 11.1. The summed E-state index contributed by atoms with van der Waals surface area (Å²) in [7, 11) is 1.93. The van der Waals surface area contributed by atoms with Gasteiger partial charge in [-0.15, -0.1) is 0 Å². The number of aromatic nitrogens is 1. The Kier molecular flexibility index (Phi) is 5.83. The van der Waals surface area contributed by atoms with Crippen molar-refractivity contribution < 1.29 is 4.74 Å². The van der Waals surface area contributed by atoms with Gasteiger partial charge in [-0.1, -0.05) is 11.6 Å². The first-order valence-electron chi connectivity index (χ1n) is 6.33. The zero-order valence-corrected chi connectivity index (χ0v) is 13.5. The largest absolute Gasteiger partial charge is 0.492 e. The summed E-state index contributed by atoms with van der Waals surface area (Å²) in [6.07, 6.45) is 2.62. The standard InChI is InChI=1S/C15H16BrClN2O/c1-18-14(8-13-5-2-11(16)9-19-13)10-20-15-6-3-12(17)4-7-15/h2-7,9,14,18H,8,10H2,1H3. The lowest BCUT2D eigenvalue weighted by Crippen LogP contribution is -2.34.